The second-order valence-corrected chi connectivity index (χ2v) is 9.36. The van der Waals surface area contributed by atoms with Crippen molar-refractivity contribution in [3.05, 3.63) is 45.9 Å². The molecule has 4 heterocycles. The van der Waals surface area contributed by atoms with E-state index in [9.17, 15) is 19.8 Å². The van der Waals surface area contributed by atoms with Gasteiger partial charge >= 0.3 is 5.97 Å². The van der Waals surface area contributed by atoms with Crippen LogP contribution in [-0.4, -0.2) is 48.5 Å². The lowest BCUT2D eigenvalue weighted by atomic mass is 9.79. The molecule has 0 unspecified atom stereocenters. The van der Waals surface area contributed by atoms with E-state index in [1.54, 1.807) is 18.3 Å². The summed E-state index contributed by atoms with van der Waals surface area (Å²) in [6.07, 6.45) is -0.792. The first-order valence-corrected chi connectivity index (χ1v) is 11.2. The standard InChI is InChI=1S/C20H19N3O4S2/c1-9-15-14(10(2)24)18(25)23(15)16(19(26)27)17(9)28-7-11-8-29-20-21-12-5-3-4-6-13(12)22(11)20/h3-6,8-10,14-15,24H,7H2,1-2H3,(H,26,27)/t9-,10-,14-,15-/m1/s1. The molecule has 2 N–H and O–H groups in total. The highest BCUT2D eigenvalue weighted by Gasteiger charge is 2.59. The molecule has 1 fully saturated rings. The van der Waals surface area contributed by atoms with Gasteiger partial charge in [0.15, 0.2) is 4.96 Å². The first kappa shape index (κ1) is 18.7. The minimum atomic E-state index is -1.09. The molecule has 7 nitrogen and oxygen atoms in total. The van der Waals surface area contributed by atoms with Gasteiger partial charge in [-0.05, 0) is 19.1 Å². The van der Waals surface area contributed by atoms with Crippen LogP contribution in [-0.2, 0) is 15.3 Å². The summed E-state index contributed by atoms with van der Waals surface area (Å²) >= 11 is 3.01. The first-order chi connectivity index (χ1) is 13.9. The molecule has 1 amide bonds. The molecular weight excluding hydrogens is 410 g/mol. The molecule has 2 aromatic heterocycles. The molecule has 1 saturated heterocycles. The Morgan fingerprint density at radius 3 is 2.86 bits per heavy atom. The van der Waals surface area contributed by atoms with E-state index in [0.29, 0.717) is 10.7 Å². The Morgan fingerprint density at radius 2 is 2.14 bits per heavy atom. The molecule has 150 valence electrons. The van der Waals surface area contributed by atoms with E-state index in [1.165, 1.54) is 16.7 Å². The van der Waals surface area contributed by atoms with Crippen LogP contribution in [0.5, 0.6) is 0 Å². The minimum absolute atomic E-state index is 0.0661. The molecule has 5 rings (SSSR count). The largest absolute Gasteiger partial charge is 0.477 e. The van der Waals surface area contributed by atoms with E-state index in [0.717, 1.165) is 21.7 Å². The van der Waals surface area contributed by atoms with Gasteiger partial charge < -0.3 is 15.1 Å². The highest BCUT2D eigenvalue weighted by atomic mass is 32.2. The van der Waals surface area contributed by atoms with Crippen molar-refractivity contribution in [3.8, 4) is 0 Å². The molecule has 0 spiro atoms. The molecule has 4 atom stereocenters. The highest BCUT2D eigenvalue weighted by Crippen LogP contribution is 2.51. The number of carboxylic acid groups (broad SMARTS) is 1. The van der Waals surface area contributed by atoms with Crippen molar-refractivity contribution in [1.82, 2.24) is 14.3 Å². The van der Waals surface area contributed by atoms with Gasteiger partial charge in [0.1, 0.15) is 5.70 Å². The lowest BCUT2D eigenvalue weighted by Crippen LogP contribution is -2.63. The van der Waals surface area contributed by atoms with Crippen LogP contribution in [0, 0.1) is 11.8 Å². The van der Waals surface area contributed by atoms with Gasteiger partial charge in [-0.25, -0.2) is 9.78 Å². The van der Waals surface area contributed by atoms with Crippen molar-refractivity contribution >= 4 is 51.0 Å². The van der Waals surface area contributed by atoms with Crippen LogP contribution < -0.4 is 0 Å². The maximum Gasteiger partial charge on any atom is 0.353 e. The Balaban J connectivity index is 1.48. The Morgan fingerprint density at radius 1 is 1.38 bits per heavy atom. The molecular formula is C20H19N3O4S2. The number of aromatic nitrogens is 2. The first-order valence-electron chi connectivity index (χ1n) is 9.35. The average molecular weight is 430 g/mol. The fraction of sp³-hybridized carbons (Fsp3) is 0.350. The summed E-state index contributed by atoms with van der Waals surface area (Å²) in [4.78, 5) is 32.0. The molecule has 0 radical (unpaired) electrons. The van der Waals surface area contributed by atoms with Crippen molar-refractivity contribution in [2.75, 3.05) is 0 Å². The molecule has 2 aliphatic rings. The number of carbonyl (C=O) groups excluding carboxylic acids is 1. The third-order valence-corrected chi connectivity index (χ3v) is 8.00. The quantitative estimate of drug-likeness (QED) is 0.606. The smallest absolute Gasteiger partial charge is 0.353 e. The number of benzene rings is 1. The highest BCUT2D eigenvalue weighted by molar-refractivity contribution is 8.02. The van der Waals surface area contributed by atoms with Crippen molar-refractivity contribution in [2.45, 2.75) is 31.7 Å². The number of para-hydroxylation sites is 2. The number of β-lactam (4-membered cyclic amide) rings is 1. The SMILES string of the molecule is C[C@@H](O)[C@H]1C(=O)N2C(C(=O)O)=C(SCc3csc4nc5ccccc5n34)[C@H](C)[C@H]12. The van der Waals surface area contributed by atoms with Crippen LogP contribution >= 0.6 is 23.1 Å². The molecule has 0 bridgehead atoms. The fourth-order valence-electron chi connectivity index (χ4n) is 4.50. The monoisotopic (exact) mass is 429 g/mol. The Labute approximate surface area is 174 Å². The minimum Gasteiger partial charge on any atom is -0.477 e. The Bertz CT molecular complexity index is 1190. The normalized spacial score (nSPS) is 25.0. The zero-order valence-electron chi connectivity index (χ0n) is 15.8. The van der Waals surface area contributed by atoms with Crippen LogP contribution in [0.2, 0.25) is 0 Å². The molecule has 1 aromatic carbocycles. The van der Waals surface area contributed by atoms with Crippen LogP contribution in [0.1, 0.15) is 19.5 Å². The van der Waals surface area contributed by atoms with Gasteiger partial charge in [0.05, 0.1) is 29.1 Å². The number of hydrogen-bond acceptors (Lipinski definition) is 6. The maximum absolute atomic E-state index is 12.5. The lowest BCUT2D eigenvalue weighted by Gasteiger charge is -2.46. The number of fused-ring (bicyclic) bond motifs is 4. The zero-order chi connectivity index (χ0) is 20.4. The maximum atomic E-state index is 12.5. The molecule has 0 aliphatic carbocycles. The predicted molar refractivity (Wildman–Crippen MR) is 112 cm³/mol. The van der Waals surface area contributed by atoms with Crippen LogP contribution in [0.25, 0.3) is 16.0 Å². The number of rotatable bonds is 5. The van der Waals surface area contributed by atoms with Gasteiger partial charge in [0.2, 0.25) is 5.91 Å². The van der Waals surface area contributed by atoms with Crippen molar-refractivity contribution in [2.24, 2.45) is 11.8 Å². The molecule has 2 aliphatic heterocycles. The van der Waals surface area contributed by atoms with Crippen molar-refractivity contribution in [3.63, 3.8) is 0 Å². The molecule has 29 heavy (non-hydrogen) atoms. The number of thiazole rings is 1. The summed E-state index contributed by atoms with van der Waals surface area (Å²) in [5, 5.41) is 21.8. The second-order valence-electron chi connectivity index (χ2n) is 7.51. The number of amides is 1. The van der Waals surface area contributed by atoms with Crippen molar-refractivity contribution < 1.29 is 19.8 Å². The van der Waals surface area contributed by atoms with E-state index in [-0.39, 0.29) is 23.6 Å². The van der Waals surface area contributed by atoms with Crippen LogP contribution in [0.4, 0.5) is 0 Å². The van der Waals surface area contributed by atoms with Gasteiger partial charge in [0, 0.05) is 27.6 Å². The second kappa shape index (κ2) is 6.58. The number of thioether (sulfide) groups is 1. The number of nitrogens with zero attached hydrogens (tertiary/aromatic N) is 3. The van der Waals surface area contributed by atoms with E-state index >= 15 is 0 Å². The number of hydrogen-bond donors (Lipinski definition) is 2. The topological polar surface area (TPSA) is 95.1 Å². The molecule has 9 heteroatoms. The lowest BCUT2D eigenvalue weighted by molar-refractivity contribution is -0.163. The number of carboxylic acids is 1. The van der Waals surface area contributed by atoms with Crippen LogP contribution in [0.15, 0.2) is 40.2 Å². The van der Waals surface area contributed by atoms with Crippen LogP contribution in [0.3, 0.4) is 0 Å². The summed E-state index contributed by atoms with van der Waals surface area (Å²) in [5.74, 6) is -1.49. The van der Waals surface area contributed by atoms with Crippen molar-refractivity contribution in [1.29, 1.82) is 0 Å². The van der Waals surface area contributed by atoms with E-state index in [2.05, 4.69) is 9.38 Å². The average Bonchev–Trinajstić information content (AvgIpc) is 3.29. The van der Waals surface area contributed by atoms with E-state index in [1.807, 2.05) is 36.6 Å². The third-order valence-electron chi connectivity index (χ3n) is 5.80. The van der Waals surface area contributed by atoms with Gasteiger partial charge in [-0.1, -0.05) is 19.1 Å². The van der Waals surface area contributed by atoms with E-state index in [4.69, 9.17) is 0 Å². The van der Waals surface area contributed by atoms with E-state index < -0.39 is 18.0 Å². The third kappa shape index (κ3) is 2.57. The summed E-state index contributed by atoms with van der Waals surface area (Å²) in [6, 6.07) is 7.64. The summed E-state index contributed by atoms with van der Waals surface area (Å²) in [7, 11) is 0. The number of carbonyl (C=O) groups is 2. The summed E-state index contributed by atoms with van der Waals surface area (Å²) in [5.41, 5.74) is 3.07. The summed E-state index contributed by atoms with van der Waals surface area (Å²) in [6.45, 7) is 3.53. The fourth-order valence-corrected chi connectivity index (χ4v) is 6.75. The Kier molecular flexibility index (Phi) is 4.23. The number of aliphatic hydroxyl groups is 1. The van der Waals surface area contributed by atoms with Gasteiger partial charge in [-0.3, -0.25) is 9.20 Å². The van der Waals surface area contributed by atoms with Gasteiger partial charge in [-0.2, -0.15) is 0 Å². The molecule has 3 aromatic rings. The number of aliphatic hydroxyl groups excluding tert-OH is 1. The van der Waals surface area contributed by atoms with Gasteiger partial charge in [0.25, 0.3) is 0 Å². The summed E-state index contributed by atoms with van der Waals surface area (Å²) < 4.78 is 2.10. The Hall–Kier alpha value is -2.36. The molecule has 0 saturated carbocycles. The number of imidazole rings is 1. The zero-order valence-corrected chi connectivity index (χ0v) is 17.4. The van der Waals surface area contributed by atoms with Gasteiger partial charge in [-0.15, -0.1) is 23.1 Å². The predicted octanol–water partition coefficient (Wildman–Crippen LogP) is 2.94. The number of aliphatic carboxylic acids is 1.